The number of primary amides is 1. The Morgan fingerprint density at radius 1 is 1.00 bits per heavy atom. The molecule has 5 N–H and O–H groups in total. The average Bonchev–Trinajstić information content (AvgIpc) is 3.16. The largest absolute Gasteiger partial charge is 0.383 e. The van der Waals surface area contributed by atoms with Gasteiger partial charge in [-0.1, -0.05) is 42.5 Å². The van der Waals surface area contributed by atoms with E-state index in [9.17, 15) is 14.0 Å². The van der Waals surface area contributed by atoms with Crippen LogP contribution >= 0.6 is 0 Å². The van der Waals surface area contributed by atoms with E-state index in [-0.39, 0.29) is 17.3 Å². The summed E-state index contributed by atoms with van der Waals surface area (Å²) >= 11 is 0. The van der Waals surface area contributed by atoms with Gasteiger partial charge in [0.05, 0.1) is 5.69 Å². The minimum absolute atomic E-state index is 0.0682. The molecule has 33 heavy (non-hydrogen) atoms. The molecule has 0 aliphatic carbocycles. The van der Waals surface area contributed by atoms with Crippen LogP contribution < -0.4 is 16.8 Å². The quantitative estimate of drug-likeness (QED) is 0.422. The van der Waals surface area contributed by atoms with Gasteiger partial charge in [0.2, 0.25) is 0 Å². The number of nitrogen functional groups attached to an aromatic ring is 1. The molecule has 0 unspecified atom stereocenters. The number of aryl methyl sites for hydroxylation is 1. The monoisotopic (exact) mass is 443 g/mol. The molecule has 0 atom stereocenters. The molecule has 0 aliphatic rings. The van der Waals surface area contributed by atoms with E-state index in [1.807, 2.05) is 37.3 Å². The molecule has 0 saturated carbocycles. The van der Waals surface area contributed by atoms with Gasteiger partial charge in [-0.05, 0) is 48.4 Å². The number of aromatic nitrogens is 2. The van der Waals surface area contributed by atoms with Crippen molar-refractivity contribution < 1.29 is 14.0 Å². The summed E-state index contributed by atoms with van der Waals surface area (Å²) in [6.45, 7) is 2.22. The first-order valence-corrected chi connectivity index (χ1v) is 10.2. The lowest BCUT2D eigenvalue weighted by molar-refractivity contribution is 0.0949. The minimum atomic E-state index is -0.717. The minimum Gasteiger partial charge on any atom is -0.383 e. The summed E-state index contributed by atoms with van der Waals surface area (Å²) < 4.78 is 14.6. The molecule has 0 bridgehead atoms. The van der Waals surface area contributed by atoms with Crippen LogP contribution in [0.25, 0.3) is 16.9 Å². The summed E-state index contributed by atoms with van der Waals surface area (Å²) in [7, 11) is 0. The number of halogens is 1. The van der Waals surface area contributed by atoms with Crippen LogP contribution in [-0.4, -0.2) is 21.6 Å². The zero-order chi connectivity index (χ0) is 23.5. The van der Waals surface area contributed by atoms with Crippen LogP contribution in [0, 0.1) is 12.7 Å². The zero-order valence-electron chi connectivity index (χ0n) is 17.9. The second kappa shape index (κ2) is 8.96. The van der Waals surface area contributed by atoms with E-state index in [2.05, 4.69) is 10.4 Å². The predicted molar refractivity (Wildman–Crippen MR) is 124 cm³/mol. The summed E-state index contributed by atoms with van der Waals surface area (Å²) in [6, 6.07) is 20.1. The van der Waals surface area contributed by atoms with Gasteiger partial charge in [0.25, 0.3) is 11.8 Å². The van der Waals surface area contributed by atoms with E-state index in [4.69, 9.17) is 11.5 Å². The molecule has 0 aliphatic heterocycles. The normalized spacial score (nSPS) is 10.7. The third-order valence-corrected chi connectivity index (χ3v) is 5.31. The highest BCUT2D eigenvalue weighted by molar-refractivity contribution is 6.03. The molecule has 0 saturated heterocycles. The Morgan fingerprint density at radius 2 is 1.67 bits per heavy atom. The van der Waals surface area contributed by atoms with E-state index in [1.54, 1.807) is 18.2 Å². The number of benzene rings is 3. The highest BCUT2D eigenvalue weighted by Gasteiger charge is 2.22. The van der Waals surface area contributed by atoms with Crippen molar-refractivity contribution in [3.63, 3.8) is 0 Å². The first-order valence-electron chi connectivity index (χ1n) is 10.2. The topological polar surface area (TPSA) is 116 Å². The summed E-state index contributed by atoms with van der Waals surface area (Å²) in [5.74, 6) is -1.20. The third kappa shape index (κ3) is 4.45. The summed E-state index contributed by atoms with van der Waals surface area (Å²) in [5, 5.41) is 7.35. The lowest BCUT2D eigenvalue weighted by atomic mass is 10.0. The lowest BCUT2D eigenvalue weighted by Crippen LogP contribution is -2.23. The number of nitrogens with two attached hydrogens (primary N) is 2. The smallest absolute Gasteiger partial charge is 0.254 e. The van der Waals surface area contributed by atoms with Gasteiger partial charge < -0.3 is 16.8 Å². The van der Waals surface area contributed by atoms with E-state index >= 15 is 0 Å². The molecule has 0 radical (unpaired) electrons. The molecule has 8 heteroatoms. The number of carbonyl (C=O) groups excluding carboxylic acids is 2. The number of anilines is 1. The molecule has 4 rings (SSSR count). The van der Waals surface area contributed by atoms with Gasteiger partial charge in [-0.2, -0.15) is 5.10 Å². The fourth-order valence-corrected chi connectivity index (χ4v) is 3.54. The van der Waals surface area contributed by atoms with Crippen LogP contribution in [0.3, 0.4) is 0 Å². The SMILES string of the molecule is Cc1ccccc1C(=O)NCc1ccc(-c2nn(-c3ccc(F)cc3)c(N)c2C(N)=O)cc1. The molecule has 4 aromatic rings. The molecular weight excluding hydrogens is 421 g/mol. The van der Waals surface area contributed by atoms with Crippen molar-refractivity contribution in [3.8, 4) is 16.9 Å². The molecule has 1 aromatic heterocycles. The van der Waals surface area contributed by atoms with E-state index in [1.165, 1.54) is 28.9 Å². The van der Waals surface area contributed by atoms with Crippen LogP contribution in [0.2, 0.25) is 0 Å². The Bertz CT molecular complexity index is 1330. The van der Waals surface area contributed by atoms with Crippen molar-refractivity contribution in [1.82, 2.24) is 15.1 Å². The standard InChI is InChI=1S/C25H22FN5O2/c1-15-4-2-3-5-20(15)25(33)29-14-16-6-8-17(9-7-16)22-21(24(28)32)23(27)31(30-22)19-12-10-18(26)11-13-19/h2-13H,14,27H2,1H3,(H2,28,32)(H,29,33). The van der Waals surface area contributed by atoms with Crippen molar-refractivity contribution in [2.45, 2.75) is 13.5 Å². The van der Waals surface area contributed by atoms with Crippen LogP contribution in [0.1, 0.15) is 31.8 Å². The number of hydrogen-bond acceptors (Lipinski definition) is 4. The second-order valence-corrected chi connectivity index (χ2v) is 7.56. The zero-order valence-corrected chi connectivity index (χ0v) is 17.9. The van der Waals surface area contributed by atoms with E-state index < -0.39 is 11.7 Å². The van der Waals surface area contributed by atoms with Gasteiger partial charge >= 0.3 is 0 Å². The van der Waals surface area contributed by atoms with Crippen molar-refractivity contribution in [2.24, 2.45) is 5.73 Å². The first kappa shape index (κ1) is 21.8. The molecular formula is C25H22FN5O2. The number of rotatable bonds is 6. The molecule has 2 amide bonds. The van der Waals surface area contributed by atoms with Crippen LogP contribution in [-0.2, 0) is 6.54 Å². The Kier molecular flexibility index (Phi) is 5.91. The maximum Gasteiger partial charge on any atom is 0.254 e. The number of nitrogens with zero attached hydrogens (tertiary/aromatic N) is 2. The highest BCUT2D eigenvalue weighted by atomic mass is 19.1. The average molecular weight is 443 g/mol. The number of amides is 2. The molecule has 0 spiro atoms. The van der Waals surface area contributed by atoms with Gasteiger partial charge in [-0.15, -0.1) is 0 Å². The Hall–Kier alpha value is -4.46. The molecule has 7 nitrogen and oxygen atoms in total. The molecule has 3 aromatic carbocycles. The Labute approximate surface area is 189 Å². The predicted octanol–water partition coefficient (Wildman–Crippen LogP) is 3.60. The van der Waals surface area contributed by atoms with Gasteiger partial charge in [-0.25, -0.2) is 9.07 Å². The van der Waals surface area contributed by atoms with Gasteiger partial charge in [-0.3, -0.25) is 9.59 Å². The van der Waals surface area contributed by atoms with Crippen LogP contribution in [0.5, 0.6) is 0 Å². The fraction of sp³-hybridized carbons (Fsp3) is 0.0800. The van der Waals surface area contributed by atoms with Crippen molar-refractivity contribution in [2.75, 3.05) is 5.73 Å². The Morgan fingerprint density at radius 3 is 2.30 bits per heavy atom. The van der Waals surface area contributed by atoms with Gasteiger partial charge in [0.1, 0.15) is 22.9 Å². The fourth-order valence-electron chi connectivity index (χ4n) is 3.54. The number of carbonyl (C=O) groups is 2. The third-order valence-electron chi connectivity index (χ3n) is 5.31. The molecule has 0 fully saturated rings. The molecule has 166 valence electrons. The summed E-state index contributed by atoms with van der Waals surface area (Å²) in [6.07, 6.45) is 0. The van der Waals surface area contributed by atoms with Crippen molar-refractivity contribution >= 4 is 17.6 Å². The lowest BCUT2D eigenvalue weighted by Gasteiger charge is -2.08. The van der Waals surface area contributed by atoms with Crippen molar-refractivity contribution in [1.29, 1.82) is 0 Å². The van der Waals surface area contributed by atoms with E-state index in [0.29, 0.717) is 29.1 Å². The first-order chi connectivity index (χ1) is 15.8. The maximum absolute atomic E-state index is 13.3. The molecule has 1 heterocycles. The van der Waals surface area contributed by atoms with Gasteiger partial charge in [0.15, 0.2) is 0 Å². The van der Waals surface area contributed by atoms with Gasteiger partial charge in [0, 0.05) is 17.7 Å². The maximum atomic E-state index is 13.3. The highest BCUT2D eigenvalue weighted by Crippen LogP contribution is 2.29. The second-order valence-electron chi connectivity index (χ2n) is 7.56. The summed E-state index contributed by atoms with van der Waals surface area (Å²) in [5.41, 5.74) is 15.6. The Balaban J connectivity index is 1.58. The number of hydrogen-bond donors (Lipinski definition) is 3. The van der Waals surface area contributed by atoms with Crippen LogP contribution in [0.15, 0.2) is 72.8 Å². The summed E-state index contributed by atoms with van der Waals surface area (Å²) in [4.78, 5) is 24.5. The van der Waals surface area contributed by atoms with Crippen molar-refractivity contribution in [3.05, 3.63) is 101 Å². The number of nitrogens with one attached hydrogen (secondary N) is 1. The van der Waals surface area contributed by atoms with Crippen LogP contribution in [0.4, 0.5) is 10.2 Å². The van der Waals surface area contributed by atoms with E-state index in [0.717, 1.165) is 11.1 Å².